The van der Waals surface area contributed by atoms with Crippen molar-refractivity contribution in [2.75, 3.05) is 31.2 Å². The number of hydrogen-bond acceptors (Lipinski definition) is 4. The number of carboxylic acids is 1. The molecular formula is C18H19NO4. The van der Waals surface area contributed by atoms with Gasteiger partial charge in [-0.3, -0.25) is 0 Å². The first-order chi connectivity index (χ1) is 11.2. The SMILES string of the molecule is O=C(O)c1cc(N2CCOCC2)ccc1OCc1ccccc1. The number of rotatable bonds is 5. The summed E-state index contributed by atoms with van der Waals surface area (Å²) in [6.07, 6.45) is 0. The number of aromatic carboxylic acids is 1. The second kappa shape index (κ2) is 7.15. The molecule has 0 unspecified atom stereocenters. The second-order valence-electron chi connectivity index (χ2n) is 5.36. The van der Waals surface area contributed by atoms with Crippen LogP contribution in [0.1, 0.15) is 15.9 Å². The van der Waals surface area contributed by atoms with Gasteiger partial charge in [-0.2, -0.15) is 0 Å². The van der Waals surface area contributed by atoms with E-state index < -0.39 is 5.97 Å². The quantitative estimate of drug-likeness (QED) is 0.920. The number of morpholine rings is 1. The van der Waals surface area contributed by atoms with Crippen molar-refractivity contribution in [2.45, 2.75) is 6.61 Å². The third-order valence-corrected chi connectivity index (χ3v) is 3.81. The fourth-order valence-corrected chi connectivity index (χ4v) is 2.56. The summed E-state index contributed by atoms with van der Waals surface area (Å²) in [6.45, 7) is 3.20. The van der Waals surface area contributed by atoms with Crippen LogP contribution in [0.25, 0.3) is 0 Å². The van der Waals surface area contributed by atoms with Gasteiger partial charge in [-0.05, 0) is 23.8 Å². The van der Waals surface area contributed by atoms with Crippen LogP contribution in [0.4, 0.5) is 5.69 Å². The van der Waals surface area contributed by atoms with Gasteiger partial charge in [0, 0.05) is 18.8 Å². The van der Waals surface area contributed by atoms with Crippen molar-refractivity contribution in [2.24, 2.45) is 0 Å². The molecule has 0 saturated carbocycles. The Morgan fingerprint density at radius 1 is 1.13 bits per heavy atom. The average molecular weight is 313 g/mol. The molecule has 1 heterocycles. The zero-order chi connectivity index (χ0) is 16.1. The standard InChI is InChI=1S/C18H19NO4/c20-18(21)16-12-15(19-8-10-22-11-9-19)6-7-17(16)23-13-14-4-2-1-3-5-14/h1-7,12H,8-11,13H2,(H,20,21). The average Bonchev–Trinajstić information content (AvgIpc) is 2.61. The second-order valence-corrected chi connectivity index (χ2v) is 5.36. The predicted molar refractivity (Wildman–Crippen MR) is 87.2 cm³/mol. The number of carbonyl (C=O) groups is 1. The van der Waals surface area contributed by atoms with Crippen LogP contribution in [0.3, 0.4) is 0 Å². The molecule has 1 aliphatic rings. The van der Waals surface area contributed by atoms with Crippen LogP contribution in [0.15, 0.2) is 48.5 Å². The smallest absolute Gasteiger partial charge is 0.339 e. The van der Waals surface area contributed by atoms with Crippen LogP contribution in [0.5, 0.6) is 5.75 Å². The Kier molecular flexibility index (Phi) is 4.78. The maximum atomic E-state index is 11.5. The molecule has 1 aliphatic heterocycles. The molecule has 0 aromatic heterocycles. The highest BCUT2D eigenvalue weighted by Crippen LogP contribution is 2.26. The lowest BCUT2D eigenvalue weighted by molar-refractivity contribution is 0.0691. The highest BCUT2D eigenvalue weighted by atomic mass is 16.5. The first kappa shape index (κ1) is 15.4. The van der Waals surface area contributed by atoms with E-state index in [1.54, 1.807) is 12.1 Å². The van der Waals surface area contributed by atoms with Crippen LogP contribution >= 0.6 is 0 Å². The minimum atomic E-state index is -0.983. The Morgan fingerprint density at radius 3 is 2.57 bits per heavy atom. The van der Waals surface area contributed by atoms with Gasteiger partial charge in [0.2, 0.25) is 0 Å². The van der Waals surface area contributed by atoms with Crippen molar-refractivity contribution in [1.29, 1.82) is 0 Å². The molecule has 1 N–H and O–H groups in total. The van der Waals surface area contributed by atoms with Crippen molar-refractivity contribution in [1.82, 2.24) is 0 Å². The highest BCUT2D eigenvalue weighted by molar-refractivity contribution is 5.92. The molecule has 23 heavy (non-hydrogen) atoms. The molecule has 0 aliphatic carbocycles. The Hall–Kier alpha value is -2.53. The number of hydrogen-bond donors (Lipinski definition) is 1. The van der Waals surface area contributed by atoms with Gasteiger partial charge < -0.3 is 19.5 Å². The number of ether oxygens (including phenoxy) is 2. The van der Waals surface area contributed by atoms with E-state index in [0.29, 0.717) is 25.6 Å². The minimum absolute atomic E-state index is 0.185. The number of anilines is 1. The molecule has 5 nitrogen and oxygen atoms in total. The summed E-state index contributed by atoms with van der Waals surface area (Å²) in [5.41, 5.74) is 2.07. The molecule has 1 saturated heterocycles. The molecular weight excluding hydrogens is 294 g/mol. The molecule has 3 rings (SSSR count). The van der Waals surface area contributed by atoms with Gasteiger partial charge in [0.1, 0.15) is 17.9 Å². The van der Waals surface area contributed by atoms with Crippen LogP contribution < -0.4 is 9.64 Å². The Labute approximate surface area is 135 Å². The molecule has 0 bridgehead atoms. The van der Waals surface area contributed by atoms with E-state index in [-0.39, 0.29) is 5.56 Å². The first-order valence-corrected chi connectivity index (χ1v) is 7.61. The molecule has 0 radical (unpaired) electrons. The van der Waals surface area contributed by atoms with Crippen molar-refractivity contribution in [3.05, 3.63) is 59.7 Å². The van der Waals surface area contributed by atoms with Gasteiger partial charge in [0.05, 0.1) is 13.2 Å². The van der Waals surface area contributed by atoms with E-state index >= 15 is 0 Å². The lowest BCUT2D eigenvalue weighted by Gasteiger charge is -2.29. The fraction of sp³-hybridized carbons (Fsp3) is 0.278. The van der Waals surface area contributed by atoms with Crippen LogP contribution in [-0.2, 0) is 11.3 Å². The fourth-order valence-electron chi connectivity index (χ4n) is 2.56. The summed E-state index contributed by atoms with van der Waals surface area (Å²) in [4.78, 5) is 13.7. The van der Waals surface area contributed by atoms with Gasteiger partial charge in [0.25, 0.3) is 0 Å². The monoisotopic (exact) mass is 313 g/mol. The number of benzene rings is 2. The normalized spacial score (nSPS) is 14.5. The van der Waals surface area contributed by atoms with E-state index in [1.165, 1.54) is 0 Å². The molecule has 120 valence electrons. The van der Waals surface area contributed by atoms with Crippen LogP contribution in [-0.4, -0.2) is 37.4 Å². The van der Waals surface area contributed by atoms with Gasteiger partial charge in [0.15, 0.2) is 0 Å². The number of carboxylic acid groups (broad SMARTS) is 1. The predicted octanol–water partition coefficient (Wildman–Crippen LogP) is 2.80. The van der Waals surface area contributed by atoms with E-state index in [9.17, 15) is 9.90 Å². The van der Waals surface area contributed by atoms with E-state index in [1.807, 2.05) is 36.4 Å². The maximum Gasteiger partial charge on any atom is 0.339 e. The van der Waals surface area contributed by atoms with Crippen molar-refractivity contribution in [3.63, 3.8) is 0 Å². The van der Waals surface area contributed by atoms with Gasteiger partial charge in [-0.25, -0.2) is 4.79 Å². The molecule has 0 amide bonds. The van der Waals surface area contributed by atoms with E-state index in [0.717, 1.165) is 24.3 Å². The van der Waals surface area contributed by atoms with Crippen molar-refractivity contribution in [3.8, 4) is 5.75 Å². The minimum Gasteiger partial charge on any atom is -0.488 e. The molecule has 5 heteroatoms. The summed E-state index contributed by atoms with van der Waals surface area (Å²) >= 11 is 0. The summed E-state index contributed by atoms with van der Waals surface area (Å²) in [7, 11) is 0. The third kappa shape index (κ3) is 3.81. The third-order valence-electron chi connectivity index (χ3n) is 3.81. The van der Waals surface area contributed by atoms with Crippen LogP contribution in [0.2, 0.25) is 0 Å². The van der Waals surface area contributed by atoms with Gasteiger partial charge in [-0.1, -0.05) is 30.3 Å². The lowest BCUT2D eigenvalue weighted by atomic mass is 10.1. The van der Waals surface area contributed by atoms with Crippen molar-refractivity contribution >= 4 is 11.7 Å². The summed E-state index contributed by atoms with van der Waals surface area (Å²) in [6, 6.07) is 15.0. The molecule has 2 aromatic rings. The summed E-state index contributed by atoms with van der Waals surface area (Å²) in [5, 5.41) is 9.46. The highest BCUT2D eigenvalue weighted by Gasteiger charge is 2.17. The maximum absolute atomic E-state index is 11.5. The number of nitrogens with zero attached hydrogens (tertiary/aromatic N) is 1. The topological polar surface area (TPSA) is 59.0 Å². The van der Waals surface area contributed by atoms with Gasteiger partial charge >= 0.3 is 5.97 Å². The molecule has 0 spiro atoms. The zero-order valence-electron chi connectivity index (χ0n) is 12.8. The van der Waals surface area contributed by atoms with Crippen LogP contribution in [0, 0.1) is 0 Å². The Morgan fingerprint density at radius 2 is 1.87 bits per heavy atom. The first-order valence-electron chi connectivity index (χ1n) is 7.61. The van der Waals surface area contributed by atoms with Crippen molar-refractivity contribution < 1.29 is 19.4 Å². The summed E-state index contributed by atoms with van der Waals surface area (Å²) < 4.78 is 11.0. The molecule has 1 fully saturated rings. The lowest BCUT2D eigenvalue weighted by Crippen LogP contribution is -2.36. The molecule has 0 atom stereocenters. The summed E-state index contributed by atoms with van der Waals surface area (Å²) in [5.74, 6) is -0.596. The molecule has 2 aromatic carbocycles. The van der Waals surface area contributed by atoms with E-state index in [2.05, 4.69) is 4.90 Å². The zero-order valence-corrected chi connectivity index (χ0v) is 12.8. The van der Waals surface area contributed by atoms with Gasteiger partial charge in [-0.15, -0.1) is 0 Å². The Balaban J connectivity index is 1.78. The Bertz CT molecular complexity index is 666. The largest absolute Gasteiger partial charge is 0.488 e. The van der Waals surface area contributed by atoms with E-state index in [4.69, 9.17) is 9.47 Å².